The Hall–Kier alpha value is -1.25. The van der Waals surface area contributed by atoms with Crippen molar-refractivity contribution in [1.82, 2.24) is 4.98 Å². The van der Waals surface area contributed by atoms with Gasteiger partial charge in [0.2, 0.25) is 0 Å². The molecule has 0 spiro atoms. The van der Waals surface area contributed by atoms with Crippen LogP contribution in [0.2, 0.25) is 0 Å². The third-order valence-corrected chi connectivity index (χ3v) is 2.91. The number of pyridine rings is 1. The van der Waals surface area contributed by atoms with Gasteiger partial charge in [0.15, 0.2) is 5.82 Å². The summed E-state index contributed by atoms with van der Waals surface area (Å²) in [6.07, 6.45) is 4.79. The molecule has 1 rings (SSSR count). The number of nitrogens with two attached hydrogens (primary N) is 1. The summed E-state index contributed by atoms with van der Waals surface area (Å²) in [6.45, 7) is 8.55. The largest absolute Gasteiger partial charge is 0.396 e. The summed E-state index contributed by atoms with van der Waals surface area (Å²) >= 11 is 0. The molecule has 0 unspecified atom stereocenters. The number of aromatic nitrogens is 1. The highest BCUT2D eigenvalue weighted by Crippen LogP contribution is 2.21. The number of anilines is 2. The Kier molecular flexibility index (Phi) is 5.81. The second-order valence-corrected chi connectivity index (χ2v) is 4.56. The van der Waals surface area contributed by atoms with Gasteiger partial charge < -0.3 is 10.6 Å². The third kappa shape index (κ3) is 4.25. The molecule has 0 bridgehead atoms. The monoisotopic (exact) mass is 235 g/mol. The number of hydrogen-bond donors (Lipinski definition) is 1. The van der Waals surface area contributed by atoms with Crippen LogP contribution >= 0.6 is 0 Å². The number of unbranched alkanes of at least 4 members (excludes halogenated alkanes) is 2. The summed E-state index contributed by atoms with van der Waals surface area (Å²) in [4.78, 5) is 6.91. The number of nitrogen functional groups attached to an aromatic ring is 1. The molecule has 2 N–H and O–H groups in total. The minimum atomic E-state index is 0.794. The lowest BCUT2D eigenvalue weighted by Crippen LogP contribution is -2.27. The van der Waals surface area contributed by atoms with Crippen LogP contribution in [0.1, 0.15) is 45.2 Å². The Morgan fingerprint density at radius 2 is 1.71 bits per heavy atom. The van der Waals surface area contributed by atoms with E-state index in [-0.39, 0.29) is 0 Å². The Bertz CT molecular complexity index is 328. The first-order valence-electron chi connectivity index (χ1n) is 6.67. The van der Waals surface area contributed by atoms with Crippen molar-refractivity contribution in [3.05, 3.63) is 17.8 Å². The zero-order valence-electron chi connectivity index (χ0n) is 11.4. The van der Waals surface area contributed by atoms with Crippen LogP contribution in [-0.2, 0) is 0 Å². The average Bonchev–Trinajstić information content (AvgIpc) is 2.33. The number of hydrogen-bond acceptors (Lipinski definition) is 3. The van der Waals surface area contributed by atoms with Gasteiger partial charge in [0, 0.05) is 18.8 Å². The molecule has 1 heterocycles. The lowest BCUT2D eigenvalue weighted by Gasteiger charge is -2.25. The topological polar surface area (TPSA) is 42.2 Å². The van der Waals surface area contributed by atoms with Gasteiger partial charge in [-0.15, -0.1) is 0 Å². The molecule has 0 aromatic carbocycles. The van der Waals surface area contributed by atoms with Crippen molar-refractivity contribution in [3.8, 4) is 0 Å². The smallest absolute Gasteiger partial charge is 0.152 e. The minimum Gasteiger partial charge on any atom is -0.396 e. The molecular weight excluding hydrogens is 210 g/mol. The van der Waals surface area contributed by atoms with Crippen LogP contribution in [0.15, 0.2) is 12.1 Å². The van der Waals surface area contributed by atoms with E-state index >= 15 is 0 Å². The standard InChI is InChI=1S/C14H25N3/c1-4-6-10-17(11-7-5-2)14-13(15)9-8-12(3)16-14/h8-9H,4-7,10-11,15H2,1-3H3. The normalized spacial score (nSPS) is 10.5. The fourth-order valence-electron chi connectivity index (χ4n) is 1.83. The van der Waals surface area contributed by atoms with E-state index in [1.165, 1.54) is 25.7 Å². The fraction of sp³-hybridized carbons (Fsp3) is 0.643. The van der Waals surface area contributed by atoms with Gasteiger partial charge in [0.25, 0.3) is 0 Å². The number of rotatable bonds is 7. The van der Waals surface area contributed by atoms with Crippen LogP contribution in [0.25, 0.3) is 0 Å². The summed E-state index contributed by atoms with van der Waals surface area (Å²) < 4.78 is 0. The number of nitrogens with zero attached hydrogens (tertiary/aromatic N) is 2. The zero-order chi connectivity index (χ0) is 12.7. The molecule has 3 heteroatoms. The maximum atomic E-state index is 6.03. The van der Waals surface area contributed by atoms with Gasteiger partial charge in [-0.1, -0.05) is 26.7 Å². The third-order valence-electron chi connectivity index (χ3n) is 2.91. The second kappa shape index (κ2) is 7.15. The molecule has 96 valence electrons. The lowest BCUT2D eigenvalue weighted by molar-refractivity contribution is 0.671. The van der Waals surface area contributed by atoms with Gasteiger partial charge in [-0.05, 0) is 31.9 Å². The molecule has 0 radical (unpaired) electrons. The molecule has 0 aliphatic heterocycles. The quantitative estimate of drug-likeness (QED) is 0.787. The van der Waals surface area contributed by atoms with Crippen molar-refractivity contribution in [2.75, 3.05) is 23.7 Å². The maximum absolute atomic E-state index is 6.03. The first-order valence-corrected chi connectivity index (χ1v) is 6.67. The molecule has 0 amide bonds. The van der Waals surface area contributed by atoms with Crippen molar-refractivity contribution >= 4 is 11.5 Å². The van der Waals surface area contributed by atoms with Crippen LogP contribution in [0.4, 0.5) is 11.5 Å². The van der Waals surface area contributed by atoms with Gasteiger partial charge in [-0.25, -0.2) is 4.98 Å². The predicted octanol–water partition coefficient (Wildman–Crippen LogP) is 3.38. The molecular formula is C14H25N3. The summed E-state index contributed by atoms with van der Waals surface area (Å²) in [6, 6.07) is 3.93. The van der Waals surface area contributed by atoms with E-state index in [4.69, 9.17) is 5.73 Å². The Morgan fingerprint density at radius 3 is 2.24 bits per heavy atom. The van der Waals surface area contributed by atoms with E-state index in [0.717, 1.165) is 30.3 Å². The molecule has 0 fully saturated rings. The van der Waals surface area contributed by atoms with Gasteiger partial charge in [-0.2, -0.15) is 0 Å². The van der Waals surface area contributed by atoms with E-state index in [1.807, 2.05) is 19.1 Å². The van der Waals surface area contributed by atoms with Gasteiger partial charge in [-0.3, -0.25) is 0 Å². The molecule has 3 nitrogen and oxygen atoms in total. The lowest BCUT2D eigenvalue weighted by atomic mass is 10.2. The van der Waals surface area contributed by atoms with Crippen molar-refractivity contribution in [2.24, 2.45) is 0 Å². The highest BCUT2D eigenvalue weighted by molar-refractivity contribution is 5.62. The summed E-state index contributed by atoms with van der Waals surface area (Å²) in [5.41, 5.74) is 7.86. The highest BCUT2D eigenvalue weighted by Gasteiger charge is 2.10. The van der Waals surface area contributed by atoms with Crippen molar-refractivity contribution < 1.29 is 0 Å². The van der Waals surface area contributed by atoms with E-state index in [9.17, 15) is 0 Å². The van der Waals surface area contributed by atoms with Crippen LogP contribution in [-0.4, -0.2) is 18.1 Å². The fourth-order valence-corrected chi connectivity index (χ4v) is 1.83. The van der Waals surface area contributed by atoms with Crippen molar-refractivity contribution in [2.45, 2.75) is 46.5 Å². The minimum absolute atomic E-state index is 0.794. The maximum Gasteiger partial charge on any atom is 0.152 e. The molecule has 0 aliphatic rings. The summed E-state index contributed by atoms with van der Waals surface area (Å²) in [5, 5.41) is 0. The summed E-state index contributed by atoms with van der Waals surface area (Å²) in [7, 11) is 0. The van der Waals surface area contributed by atoms with Crippen molar-refractivity contribution in [3.63, 3.8) is 0 Å². The molecule has 0 saturated heterocycles. The molecule has 17 heavy (non-hydrogen) atoms. The zero-order valence-corrected chi connectivity index (χ0v) is 11.4. The van der Waals surface area contributed by atoms with Gasteiger partial charge in [0.05, 0.1) is 5.69 Å². The molecule has 1 aromatic rings. The van der Waals surface area contributed by atoms with E-state index in [0.29, 0.717) is 0 Å². The molecule has 0 atom stereocenters. The first kappa shape index (κ1) is 13.8. The summed E-state index contributed by atoms with van der Waals surface area (Å²) in [5.74, 6) is 0.965. The average molecular weight is 235 g/mol. The number of aryl methyl sites for hydroxylation is 1. The van der Waals surface area contributed by atoms with Crippen LogP contribution in [0, 0.1) is 6.92 Å². The van der Waals surface area contributed by atoms with Crippen LogP contribution in [0.3, 0.4) is 0 Å². The second-order valence-electron chi connectivity index (χ2n) is 4.56. The van der Waals surface area contributed by atoms with E-state index in [2.05, 4.69) is 23.7 Å². The molecule has 0 saturated carbocycles. The first-order chi connectivity index (χ1) is 8.19. The molecule has 0 aliphatic carbocycles. The van der Waals surface area contributed by atoms with Gasteiger partial charge >= 0.3 is 0 Å². The van der Waals surface area contributed by atoms with Crippen LogP contribution < -0.4 is 10.6 Å². The van der Waals surface area contributed by atoms with Crippen molar-refractivity contribution in [1.29, 1.82) is 0 Å². The SMILES string of the molecule is CCCCN(CCCC)c1nc(C)ccc1N. The Balaban J connectivity index is 2.82. The Labute approximate surface area is 105 Å². The highest BCUT2D eigenvalue weighted by atomic mass is 15.2. The van der Waals surface area contributed by atoms with Gasteiger partial charge in [0.1, 0.15) is 0 Å². The Morgan fingerprint density at radius 1 is 1.12 bits per heavy atom. The molecule has 1 aromatic heterocycles. The van der Waals surface area contributed by atoms with E-state index in [1.54, 1.807) is 0 Å². The predicted molar refractivity (Wildman–Crippen MR) is 75.4 cm³/mol. The van der Waals surface area contributed by atoms with Crippen LogP contribution in [0.5, 0.6) is 0 Å². The van der Waals surface area contributed by atoms with E-state index < -0.39 is 0 Å².